The van der Waals surface area contributed by atoms with Crippen LogP contribution in [0.4, 0.5) is 4.79 Å². The Hall–Kier alpha value is -5.09. The van der Waals surface area contributed by atoms with E-state index in [1.807, 2.05) is 62.2 Å². The van der Waals surface area contributed by atoms with E-state index < -0.39 is 6.09 Å². The molecule has 0 fully saturated rings. The second kappa shape index (κ2) is 14.6. The third kappa shape index (κ3) is 6.46. The van der Waals surface area contributed by atoms with E-state index in [2.05, 4.69) is 0 Å². The Labute approximate surface area is 274 Å². The van der Waals surface area contributed by atoms with Crippen LogP contribution in [-0.2, 0) is 4.74 Å². The zero-order valence-electron chi connectivity index (χ0n) is 27.3. The van der Waals surface area contributed by atoms with Gasteiger partial charge >= 0.3 is 6.09 Å². The maximum absolute atomic E-state index is 13.3. The van der Waals surface area contributed by atoms with Crippen LogP contribution in [0.3, 0.4) is 0 Å². The molecule has 2 heterocycles. The van der Waals surface area contributed by atoms with Gasteiger partial charge in [0.15, 0.2) is 0 Å². The van der Waals surface area contributed by atoms with Crippen LogP contribution < -0.4 is 0 Å². The third-order valence-electron chi connectivity index (χ3n) is 8.50. The average Bonchev–Trinajstić information content (AvgIpc) is 3.09. The number of nitrogens with zero attached hydrogens (tertiary/aromatic N) is 4. The highest BCUT2D eigenvalue weighted by Crippen LogP contribution is 2.31. The number of benzene rings is 4. The SMILES string of the molecule is CC.CCOC(=O)N(CCCN(C)CCN1C(=O)c2cccc3cccc(c23)C1=O)CCN1C(=O)c2cccc3cccc(c23)C1=O. The molecule has 10 nitrogen and oxygen atoms in total. The molecule has 0 aliphatic carbocycles. The fourth-order valence-electron chi connectivity index (χ4n) is 6.21. The summed E-state index contributed by atoms with van der Waals surface area (Å²) in [6, 6.07) is 21.7. The normalized spacial score (nSPS) is 13.7. The highest BCUT2D eigenvalue weighted by molar-refractivity contribution is 6.26. The molecule has 0 N–H and O–H groups in total. The van der Waals surface area contributed by atoms with Gasteiger partial charge in [0.05, 0.1) is 6.61 Å². The van der Waals surface area contributed by atoms with E-state index in [-0.39, 0.29) is 49.9 Å². The molecule has 47 heavy (non-hydrogen) atoms. The molecule has 0 aromatic heterocycles. The minimum Gasteiger partial charge on any atom is -0.450 e. The molecule has 0 saturated carbocycles. The first-order valence-electron chi connectivity index (χ1n) is 16.2. The predicted molar refractivity (Wildman–Crippen MR) is 181 cm³/mol. The molecule has 6 rings (SSSR count). The molecule has 0 atom stereocenters. The first kappa shape index (κ1) is 33.3. The Morgan fingerprint density at radius 2 is 1.02 bits per heavy atom. The summed E-state index contributed by atoms with van der Waals surface area (Å²) in [6.07, 6.45) is 0.0561. The predicted octanol–water partition coefficient (Wildman–Crippen LogP) is 5.69. The molecule has 4 aromatic rings. The second-order valence-corrected chi connectivity index (χ2v) is 11.3. The number of likely N-dealkylation sites (N-methyl/N-ethyl adjacent to an activating group) is 1. The fourth-order valence-corrected chi connectivity index (χ4v) is 6.21. The monoisotopic (exact) mass is 636 g/mol. The van der Waals surface area contributed by atoms with Gasteiger partial charge in [-0.3, -0.25) is 29.0 Å². The zero-order valence-corrected chi connectivity index (χ0v) is 27.3. The van der Waals surface area contributed by atoms with Gasteiger partial charge in [0.25, 0.3) is 23.6 Å². The molecule has 10 heteroatoms. The maximum Gasteiger partial charge on any atom is 0.409 e. The van der Waals surface area contributed by atoms with Crippen molar-refractivity contribution < 1.29 is 28.7 Å². The van der Waals surface area contributed by atoms with Crippen LogP contribution in [0.5, 0.6) is 0 Å². The number of amides is 5. The van der Waals surface area contributed by atoms with E-state index >= 15 is 0 Å². The first-order valence-corrected chi connectivity index (χ1v) is 16.2. The number of hydrogen-bond donors (Lipinski definition) is 0. The van der Waals surface area contributed by atoms with Gasteiger partial charge in [-0.15, -0.1) is 0 Å². The molecule has 0 saturated heterocycles. The average molecular weight is 637 g/mol. The summed E-state index contributed by atoms with van der Waals surface area (Å²) >= 11 is 0. The van der Waals surface area contributed by atoms with Crippen LogP contribution in [0.25, 0.3) is 21.5 Å². The lowest BCUT2D eigenvalue weighted by atomic mass is 9.94. The van der Waals surface area contributed by atoms with Crippen LogP contribution in [0.2, 0.25) is 0 Å². The van der Waals surface area contributed by atoms with E-state index in [1.54, 1.807) is 43.3 Å². The van der Waals surface area contributed by atoms with Crippen LogP contribution in [0.15, 0.2) is 72.8 Å². The molecule has 4 aromatic carbocycles. The minimum atomic E-state index is -0.517. The van der Waals surface area contributed by atoms with Crippen molar-refractivity contribution >= 4 is 51.3 Å². The van der Waals surface area contributed by atoms with Gasteiger partial charge in [0, 0.05) is 65.8 Å². The maximum atomic E-state index is 13.3. The lowest BCUT2D eigenvalue weighted by Crippen LogP contribution is -2.46. The number of ether oxygens (including phenoxy) is 1. The van der Waals surface area contributed by atoms with Crippen molar-refractivity contribution in [1.82, 2.24) is 19.6 Å². The van der Waals surface area contributed by atoms with Crippen LogP contribution in [0, 0.1) is 0 Å². The summed E-state index contributed by atoms with van der Waals surface area (Å²) in [5.41, 5.74) is 2.00. The Bertz CT molecular complexity index is 1750. The summed E-state index contributed by atoms with van der Waals surface area (Å²) in [4.78, 5) is 71.8. The van der Waals surface area contributed by atoms with Crippen LogP contribution >= 0.6 is 0 Å². The van der Waals surface area contributed by atoms with Gasteiger partial charge in [-0.1, -0.05) is 62.4 Å². The fraction of sp³-hybridized carbons (Fsp3) is 0.324. The van der Waals surface area contributed by atoms with Gasteiger partial charge in [-0.2, -0.15) is 0 Å². The Kier molecular flexibility index (Phi) is 10.3. The highest BCUT2D eigenvalue weighted by atomic mass is 16.6. The van der Waals surface area contributed by atoms with Crippen molar-refractivity contribution in [1.29, 1.82) is 0 Å². The molecule has 0 radical (unpaired) electrons. The van der Waals surface area contributed by atoms with Gasteiger partial charge in [-0.25, -0.2) is 4.79 Å². The largest absolute Gasteiger partial charge is 0.450 e. The molecule has 2 aliphatic rings. The zero-order chi connectivity index (χ0) is 33.7. The molecular formula is C37H40N4O6. The van der Waals surface area contributed by atoms with E-state index in [9.17, 15) is 24.0 Å². The molecular weight excluding hydrogens is 596 g/mol. The lowest BCUT2D eigenvalue weighted by molar-refractivity contribution is 0.0573. The quantitative estimate of drug-likeness (QED) is 0.195. The van der Waals surface area contributed by atoms with Crippen LogP contribution in [0.1, 0.15) is 68.6 Å². The molecule has 5 amide bonds. The molecule has 0 bridgehead atoms. The smallest absolute Gasteiger partial charge is 0.409 e. The van der Waals surface area contributed by atoms with Crippen molar-refractivity contribution in [2.45, 2.75) is 27.2 Å². The number of imide groups is 2. The summed E-state index contributed by atoms with van der Waals surface area (Å²) in [7, 11) is 1.89. The first-order chi connectivity index (χ1) is 22.8. The lowest BCUT2D eigenvalue weighted by Gasteiger charge is -2.30. The van der Waals surface area contributed by atoms with E-state index in [0.717, 1.165) is 10.8 Å². The Morgan fingerprint density at radius 1 is 0.617 bits per heavy atom. The van der Waals surface area contributed by atoms with Crippen molar-refractivity contribution in [3.63, 3.8) is 0 Å². The summed E-state index contributed by atoms with van der Waals surface area (Å²) < 4.78 is 5.26. The van der Waals surface area contributed by atoms with Crippen LogP contribution in [-0.4, -0.2) is 102 Å². The molecule has 2 aliphatic heterocycles. The Balaban J connectivity index is 0.00000213. The molecule has 244 valence electrons. The van der Waals surface area contributed by atoms with Crippen molar-refractivity contribution in [2.75, 3.05) is 52.9 Å². The third-order valence-corrected chi connectivity index (χ3v) is 8.50. The van der Waals surface area contributed by atoms with Gasteiger partial charge < -0.3 is 14.5 Å². The summed E-state index contributed by atoms with van der Waals surface area (Å²) in [5, 5.41) is 3.06. The topological polar surface area (TPSA) is 108 Å². The highest BCUT2D eigenvalue weighted by Gasteiger charge is 2.34. The molecule has 0 unspecified atom stereocenters. The minimum absolute atomic E-state index is 0.0322. The standard InChI is InChI=1S/C35H34N4O6.C2H6/c1-3-45-35(44)37(20-22-39-33(42)27-15-6-11-24-12-7-16-28(30(24)27)34(39)43)18-8-17-36(2)19-21-38-31(40)25-13-4-9-23-10-5-14-26(29(23)25)32(38)41;1-2/h4-7,9-16H,3,8,17-22H2,1-2H3;1-2H3. The number of carbonyl (C=O) groups excluding carboxylic acids is 5. The van der Waals surface area contributed by atoms with Gasteiger partial charge in [-0.05, 0) is 62.0 Å². The van der Waals surface area contributed by atoms with Gasteiger partial charge in [0.1, 0.15) is 0 Å². The van der Waals surface area contributed by atoms with E-state index in [4.69, 9.17) is 4.74 Å². The Morgan fingerprint density at radius 3 is 1.43 bits per heavy atom. The number of carbonyl (C=O) groups is 5. The van der Waals surface area contributed by atoms with E-state index in [1.165, 1.54) is 14.7 Å². The molecule has 0 spiro atoms. The second-order valence-electron chi connectivity index (χ2n) is 11.3. The number of rotatable bonds is 11. The summed E-state index contributed by atoms with van der Waals surface area (Å²) in [5.74, 6) is -1.36. The van der Waals surface area contributed by atoms with Crippen molar-refractivity contribution in [3.05, 3.63) is 95.1 Å². The van der Waals surface area contributed by atoms with Crippen molar-refractivity contribution in [2.24, 2.45) is 0 Å². The number of hydrogen-bond acceptors (Lipinski definition) is 7. The summed E-state index contributed by atoms with van der Waals surface area (Å²) in [6.45, 7) is 7.68. The van der Waals surface area contributed by atoms with E-state index in [0.29, 0.717) is 59.1 Å². The van der Waals surface area contributed by atoms with Crippen molar-refractivity contribution in [3.8, 4) is 0 Å². The van der Waals surface area contributed by atoms with Gasteiger partial charge in [0.2, 0.25) is 0 Å².